The van der Waals surface area contributed by atoms with E-state index in [1.54, 1.807) is 0 Å². The first-order valence-electron chi connectivity index (χ1n) is 5.75. The lowest BCUT2D eigenvalue weighted by Gasteiger charge is -2.14. The van der Waals surface area contributed by atoms with Crippen LogP contribution in [0.1, 0.15) is 23.7 Å². The second-order valence-electron chi connectivity index (χ2n) is 4.13. The van der Waals surface area contributed by atoms with Crippen molar-refractivity contribution >= 4 is 16.6 Å². The first-order valence-corrected chi connectivity index (χ1v) is 5.75. The Morgan fingerprint density at radius 3 is 2.62 bits per heavy atom. The molecule has 1 heterocycles. The number of aromatic nitrogens is 1. The van der Waals surface area contributed by atoms with E-state index in [0.29, 0.717) is 0 Å². The van der Waals surface area contributed by atoms with E-state index in [-0.39, 0.29) is 0 Å². The Morgan fingerprint density at radius 2 is 2.00 bits per heavy atom. The van der Waals surface area contributed by atoms with Crippen molar-refractivity contribution in [1.82, 2.24) is 4.98 Å². The average molecular weight is 214 g/mol. The van der Waals surface area contributed by atoms with Gasteiger partial charge < -0.3 is 5.32 Å². The molecule has 0 amide bonds. The first kappa shape index (κ1) is 10.9. The molecule has 0 aliphatic rings. The summed E-state index contributed by atoms with van der Waals surface area (Å²) < 4.78 is 0. The fourth-order valence-corrected chi connectivity index (χ4v) is 2.31. The molecule has 16 heavy (non-hydrogen) atoms. The van der Waals surface area contributed by atoms with Crippen LogP contribution in [0.4, 0.5) is 5.69 Å². The van der Waals surface area contributed by atoms with Crippen LogP contribution in [-0.4, -0.2) is 12.0 Å². The number of pyridine rings is 1. The molecule has 1 aromatic heterocycles. The zero-order chi connectivity index (χ0) is 11.7. The molecule has 0 unspecified atom stereocenters. The molecular weight excluding hydrogens is 196 g/mol. The molecular formula is C14H18N2. The molecule has 84 valence electrons. The van der Waals surface area contributed by atoms with Gasteiger partial charge in [-0.1, -0.05) is 25.1 Å². The molecule has 2 nitrogen and oxygen atoms in total. The highest BCUT2D eigenvalue weighted by Gasteiger charge is 2.10. The molecule has 1 N–H and O–H groups in total. The Bertz CT molecular complexity index is 530. The number of anilines is 1. The molecule has 0 saturated heterocycles. The van der Waals surface area contributed by atoms with Crippen molar-refractivity contribution < 1.29 is 0 Å². The number of hydrogen-bond donors (Lipinski definition) is 1. The van der Waals surface area contributed by atoms with Crippen molar-refractivity contribution in [3.05, 3.63) is 35.0 Å². The average Bonchev–Trinajstić information content (AvgIpc) is 2.28. The molecule has 1 aromatic carbocycles. The minimum atomic E-state index is 1.01. The molecule has 0 aliphatic heterocycles. The fourth-order valence-electron chi connectivity index (χ4n) is 2.31. The summed E-state index contributed by atoms with van der Waals surface area (Å²) in [6, 6.07) is 6.34. The number of benzene rings is 1. The zero-order valence-electron chi connectivity index (χ0n) is 10.4. The summed E-state index contributed by atoms with van der Waals surface area (Å²) in [6.07, 6.45) is 1.01. The Morgan fingerprint density at radius 1 is 1.25 bits per heavy atom. The largest absolute Gasteiger partial charge is 0.387 e. The lowest BCUT2D eigenvalue weighted by atomic mass is 10.0. The van der Waals surface area contributed by atoms with Gasteiger partial charge in [-0.3, -0.25) is 4.98 Å². The van der Waals surface area contributed by atoms with Crippen LogP contribution in [-0.2, 0) is 6.42 Å². The highest BCUT2D eigenvalue weighted by molar-refractivity contribution is 5.95. The predicted molar refractivity (Wildman–Crippen MR) is 70.1 cm³/mol. The molecule has 2 aromatic rings. The molecule has 2 rings (SSSR count). The van der Waals surface area contributed by atoms with E-state index in [4.69, 9.17) is 4.98 Å². The number of nitrogens with one attached hydrogen (secondary N) is 1. The number of aryl methyl sites for hydroxylation is 2. The summed E-state index contributed by atoms with van der Waals surface area (Å²) in [5.74, 6) is 0. The molecule has 2 heteroatoms. The van der Waals surface area contributed by atoms with Gasteiger partial charge in [0, 0.05) is 23.8 Å². The number of para-hydroxylation sites is 1. The third kappa shape index (κ3) is 1.54. The molecule has 0 radical (unpaired) electrons. The number of nitrogens with zero attached hydrogens (tertiary/aromatic N) is 1. The lowest BCUT2D eigenvalue weighted by molar-refractivity contribution is 1.07. The normalized spacial score (nSPS) is 10.8. The van der Waals surface area contributed by atoms with Gasteiger partial charge in [-0.05, 0) is 31.4 Å². The van der Waals surface area contributed by atoms with Crippen LogP contribution in [0, 0.1) is 13.8 Å². The van der Waals surface area contributed by atoms with Crippen molar-refractivity contribution in [3.8, 4) is 0 Å². The van der Waals surface area contributed by atoms with Gasteiger partial charge in [0.05, 0.1) is 5.52 Å². The number of rotatable bonds is 2. The Kier molecular flexibility index (Phi) is 2.82. The third-order valence-electron chi connectivity index (χ3n) is 3.13. The predicted octanol–water partition coefficient (Wildman–Crippen LogP) is 3.46. The summed E-state index contributed by atoms with van der Waals surface area (Å²) in [7, 11) is 1.98. The van der Waals surface area contributed by atoms with Crippen LogP contribution in [0.3, 0.4) is 0 Å². The molecule has 0 bridgehead atoms. The van der Waals surface area contributed by atoms with Crippen LogP contribution < -0.4 is 5.32 Å². The fraction of sp³-hybridized carbons (Fsp3) is 0.357. The second kappa shape index (κ2) is 4.12. The SMILES string of the molecule is CCc1c(C)nc2c(C)cccc2c1NC. The summed E-state index contributed by atoms with van der Waals surface area (Å²) in [6.45, 7) is 6.37. The summed E-state index contributed by atoms with van der Waals surface area (Å²) in [5.41, 5.74) is 6.03. The maximum absolute atomic E-state index is 4.71. The standard InChI is InChI=1S/C14H18N2/c1-5-11-10(3)16-13-9(2)7-6-8-12(13)14(11)15-4/h6-8H,5H2,1-4H3,(H,15,16). The summed E-state index contributed by atoms with van der Waals surface area (Å²) >= 11 is 0. The van der Waals surface area contributed by atoms with E-state index in [9.17, 15) is 0 Å². The van der Waals surface area contributed by atoms with Gasteiger partial charge in [-0.2, -0.15) is 0 Å². The topological polar surface area (TPSA) is 24.9 Å². The summed E-state index contributed by atoms with van der Waals surface area (Å²) in [4.78, 5) is 4.71. The van der Waals surface area contributed by atoms with Crippen LogP contribution in [0.5, 0.6) is 0 Å². The van der Waals surface area contributed by atoms with Crippen molar-refractivity contribution in [2.24, 2.45) is 0 Å². The van der Waals surface area contributed by atoms with Gasteiger partial charge >= 0.3 is 0 Å². The van der Waals surface area contributed by atoms with Gasteiger partial charge in [0.2, 0.25) is 0 Å². The minimum absolute atomic E-state index is 1.01. The van der Waals surface area contributed by atoms with Crippen molar-refractivity contribution in [3.63, 3.8) is 0 Å². The highest BCUT2D eigenvalue weighted by atomic mass is 14.8. The van der Waals surface area contributed by atoms with Gasteiger partial charge in [0.15, 0.2) is 0 Å². The Balaban J connectivity index is 2.90. The molecule has 0 fully saturated rings. The zero-order valence-corrected chi connectivity index (χ0v) is 10.4. The maximum Gasteiger partial charge on any atom is 0.0755 e. The molecule has 0 aliphatic carbocycles. The van der Waals surface area contributed by atoms with Gasteiger partial charge in [0.1, 0.15) is 0 Å². The van der Waals surface area contributed by atoms with Crippen LogP contribution in [0.25, 0.3) is 10.9 Å². The van der Waals surface area contributed by atoms with Crippen LogP contribution >= 0.6 is 0 Å². The van der Waals surface area contributed by atoms with E-state index in [0.717, 1.165) is 17.6 Å². The van der Waals surface area contributed by atoms with E-state index in [1.165, 1.54) is 22.2 Å². The van der Waals surface area contributed by atoms with E-state index in [2.05, 4.69) is 44.3 Å². The maximum atomic E-state index is 4.71. The van der Waals surface area contributed by atoms with E-state index in [1.807, 2.05) is 7.05 Å². The quantitative estimate of drug-likeness (QED) is 0.828. The van der Waals surface area contributed by atoms with Crippen LogP contribution in [0.2, 0.25) is 0 Å². The van der Waals surface area contributed by atoms with Crippen molar-refractivity contribution in [2.75, 3.05) is 12.4 Å². The third-order valence-corrected chi connectivity index (χ3v) is 3.13. The van der Waals surface area contributed by atoms with Gasteiger partial charge in [-0.25, -0.2) is 0 Å². The molecule has 0 spiro atoms. The van der Waals surface area contributed by atoms with Crippen molar-refractivity contribution in [2.45, 2.75) is 27.2 Å². The Labute approximate surface area is 96.7 Å². The van der Waals surface area contributed by atoms with E-state index < -0.39 is 0 Å². The lowest BCUT2D eigenvalue weighted by Crippen LogP contribution is -2.01. The minimum Gasteiger partial charge on any atom is -0.387 e. The number of fused-ring (bicyclic) bond motifs is 1. The van der Waals surface area contributed by atoms with Gasteiger partial charge in [-0.15, -0.1) is 0 Å². The smallest absolute Gasteiger partial charge is 0.0755 e. The van der Waals surface area contributed by atoms with Gasteiger partial charge in [0.25, 0.3) is 0 Å². The highest BCUT2D eigenvalue weighted by Crippen LogP contribution is 2.29. The second-order valence-corrected chi connectivity index (χ2v) is 4.13. The molecule has 0 saturated carbocycles. The van der Waals surface area contributed by atoms with E-state index >= 15 is 0 Å². The number of hydrogen-bond acceptors (Lipinski definition) is 2. The molecule has 0 atom stereocenters. The first-order chi connectivity index (χ1) is 7.69. The summed E-state index contributed by atoms with van der Waals surface area (Å²) in [5, 5.41) is 4.54. The van der Waals surface area contributed by atoms with Crippen LogP contribution in [0.15, 0.2) is 18.2 Å². The Hall–Kier alpha value is -1.57. The van der Waals surface area contributed by atoms with Crippen molar-refractivity contribution in [1.29, 1.82) is 0 Å². The monoisotopic (exact) mass is 214 g/mol.